The molecule has 5 nitrogen and oxygen atoms in total. The minimum absolute atomic E-state index is 0.0328. The number of nitrogens with zero attached hydrogens (tertiary/aromatic N) is 1. The van der Waals surface area contributed by atoms with Crippen molar-refractivity contribution < 1.29 is 4.79 Å². The fraction of sp³-hybridized carbons (Fsp3) is 0. The molecule has 0 aliphatic carbocycles. The summed E-state index contributed by atoms with van der Waals surface area (Å²) in [4.78, 5) is 30.8. The van der Waals surface area contributed by atoms with Gasteiger partial charge in [-0.25, -0.2) is 4.98 Å². The molecular weight excluding hydrogens is 290 g/mol. The number of amides is 1. The Morgan fingerprint density at radius 1 is 1.19 bits per heavy atom. The molecule has 0 aliphatic heterocycles. The molecule has 0 bridgehead atoms. The van der Waals surface area contributed by atoms with Gasteiger partial charge in [0.15, 0.2) is 0 Å². The predicted octanol–water partition coefficient (Wildman–Crippen LogP) is 2.83. The van der Waals surface area contributed by atoms with Gasteiger partial charge in [-0.15, -0.1) is 0 Å². The van der Waals surface area contributed by atoms with Crippen LogP contribution in [0.2, 0.25) is 5.02 Å². The summed E-state index contributed by atoms with van der Waals surface area (Å²) in [6, 6.07) is 12.0. The second kappa shape index (κ2) is 5.38. The van der Waals surface area contributed by atoms with E-state index < -0.39 is 11.5 Å². The number of halogens is 1. The zero-order chi connectivity index (χ0) is 14.8. The molecule has 2 heterocycles. The molecule has 21 heavy (non-hydrogen) atoms. The van der Waals surface area contributed by atoms with Crippen LogP contribution in [0.15, 0.2) is 53.5 Å². The molecule has 0 radical (unpaired) electrons. The summed E-state index contributed by atoms with van der Waals surface area (Å²) in [6.07, 6.45) is 1.42. The summed E-state index contributed by atoms with van der Waals surface area (Å²) < 4.78 is 0. The molecule has 2 N–H and O–H groups in total. The van der Waals surface area contributed by atoms with Crippen LogP contribution in [0.5, 0.6) is 0 Å². The molecule has 2 aromatic heterocycles. The highest BCUT2D eigenvalue weighted by molar-refractivity contribution is 6.30. The average Bonchev–Trinajstić information content (AvgIpc) is 2.49. The number of carbonyl (C=O) groups excluding carboxylic acids is 1. The van der Waals surface area contributed by atoms with Crippen LogP contribution in [0, 0.1) is 0 Å². The highest BCUT2D eigenvalue weighted by Gasteiger charge is 2.12. The number of hydrogen-bond acceptors (Lipinski definition) is 3. The number of fused-ring (bicyclic) bond motifs is 1. The number of rotatable bonds is 2. The molecule has 0 fully saturated rings. The first-order chi connectivity index (χ1) is 10.1. The molecular formula is C15H10ClN3O2. The van der Waals surface area contributed by atoms with E-state index in [0.29, 0.717) is 16.4 Å². The largest absolute Gasteiger partial charge is 0.321 e. The first-order valence-electron chi connectivity index (χ1n) is 6.18. The van der Waals surface area contributed by atoms with Crippen molar-refractivity contribution in [3.63, 3.8) is 0 Å². The number of pyridine rings is 2. The van der Waals surface area contributed by atoms with Gasteiger partial charge in [-0.1, -0.05) is 29.8 Å². The number of anilines is 1. The van der Waals surface area contributed by atoms with Gasteiger partial charge in [0.25, 0.3) is 11.5 Å². The minimum Gasteiger partial charge on any atom is -0.321 e. The van der Waals surface area contributed by atoms with Crippen molar-refractivity contribution >= 4 is 34.2 Å². The zero-order valence-electron chi connectivity index (χ0n) is 10.8. The monoisotopic (exact) mass is 299 g/mol. The van der Waals surface area contributed by atoms with E-state index in [2.05, 4.69) is 15.3 Å². The minimum atomic E-state index is -0.517. The van der Waals surface area contributed by atoms with Gasteiger partial charge in [0.2, 0.25) is 0 Å². The average molecular weight is 300 g/mol. The van der Waals surface area contributed by atoms with E-state index in [1.54, 1.807) is 24.3 Å². The first-order valence-corrected chi connectivity index (χ1v) is 6.56. The fourth-order valence-corrected chi connectivity index (χ4v) is 2.06. The van der Waals surface area contributed by atoms with E-state index in [-0.39, 0.29) is 5.56 Å². The van der Waals surface area contributed by atoms with Crippen LogP contribution < -0.4 is 10.9 Å². The lowest BCUT2D eigenvalue weighted by molar-refractivity contribution is 0.102. The number of carbonyl (C=O) groups is 1. The maximum absolute atomic E-state index is 12.2. The normalized spacial score (nSPS) is 10.5. The number of aromatic nitrogens is 2. The predicted molar refractivity (Wildman–Crippen MR) is 81.8 cm³/mol. The second-order valence-electron chi connectivity index (χ2n) is 4.42. The van der Waals surface area contributed by atoms with Gasteiger partial charge >= 0.3 is 0 Å². The Labute approximate surface area is 124 Å². The lowest BCUT2D eigenvalue weighted by Gasteiger charge is -2.05. The molecule has 0 spiro atoms. The number of para-hydroxylation sites is 1. The van der Waals surface area contributed by atoms with Crippen LogP contribution in [0.3, 0.4) is 0 Å². The van der Waals surface area contributed by atoms with E-state index >= 15 is 0 Å². The molecule has 0 unspecified atom stereocenters. The summed E-state index contributed by atoms with van der Waals surface area (Å²) >= 11 is 5.73. The maximum atomic E-state index is 12.2. The van der Waals surface area contributed by atoms with E-state index in [1.807, 2.05) is 18.2 Å². The third kappa shape index (κ3) is 2.78. The molecule has 3 aromatic rings. The van der Waals surface area contributed by atoms with Gasteiger partial charge in [0.1, 0.15) is 11.4 Å². The topological polar surface area (TPSA) is 74.8 Å². The van der Waals surface area contributed by atoms with Gasteiger partial charge in [-0.2, -0.15) is 0 Å². The SMILES string of the molecule is O=C(Nc1ccc(Cl)cn1)c1cc2ccccc2[nH]c1=O. The summed E-state index contributed by atoms with van der Waals surface area (Å²) in [7, 11) is 0. The third-order valence-corrected chi connectivity index (χ3v) is 3.19. The van der Waals surface area contributed by atoms with Crippen molar-refractivity contribution in [1.82, 2.24) is 9.97 Å². The van der Waals surface area contributed by atoms with Gasteiger partial charge in [-0.3, -0.25) is 9.59 Å². The van der Waals surface area contributed by atoms with Crippen molar-refractivity contribution in [3.05, 3.63) is 69.6 Å². The number of nitrogens with one attached hydrogen (secondary N) is 2. The quantitative estimate of drug-likeness (QED) is 0.764. The second-order valence-corrected chi connectivity index (χ2v) is 4.85. The highest BCUT2D eigenvalue weighted by atomic mass is 35.5. The molecule has 6 heteroatoms. The molecule has 1 aromatic carbocycles. The van der Waals surface area contributed by atoms with Crippen LogP contribution in [0.1, 0.15) is 10.4 Å². The first kappa shape index (κ1) is 13.3. The van der Waals surface area contributed by atoms with Crippen molar-refractivity contribution in [2.24, 2.45) is 0 Å². The van der Waals surface area contributed by atoms with Crippen molar-refractivity contribution in [2.45, 2.75) is 0 Å². The zero-order valence-corrected chi connectivity index (χ0v) is 11.5. The Morgan fingerprint density at radius 3 is 2.76 bits per heavy atom. The van der Waals surface area contributed by atoms with Crippen molar-refractivity contribution in [2.75, 3.05) is 5.32 Å². The van der Waals surface area contributed by atoms with Gasteiger partial charge < -0.3 is 10.3 Å². The van der Waals surface area contributed by atoms with Gasteiger partial charge in [0.05, 0.1) is 5.02 Å². The Balaban J connectivity index is 1.95. The maximum Gasteiger partial charge on any atom is 0.262 e. The Morgan fingerprint density at radius 2 is 2.00 bits per heavy atom. The lowest BCUT2D eigenvalue weighted by atomic mass is 10.1. The summed E-state index contributed by atoms with van der Waals surface area (Å²) in [5.74, 6) is -0.186. The van der Waals surface area contributed by atoms with E-state index in [9.17, 15) is 9.59 Å². The van der Waals surface area contributed by atoms with Crippen LogP contribution in [0.4, 0.5) is 5.82 Å². The van der Waals surface area contributed by atoms with Crippen LogP contribution >= 0.6 is 11.6 Å². The molecule has 3 rings (SSSR count). The fourth-order valence-electron chi connectivity index (χ4n) is 1.95. The van der Waals surface area contributed by atoms with Crippen molar-refractivity contribution in [3.8, 4) is 0 Å². The summed E-state index contributed by atoms with van der Waals surface area (Å²) in [6.45, 7) is 0. The van der Waals surface area contributed by atoms with Crippen LogP contribution in [-0.2, 0) is 0 Å². The molecule has 0 atom stereocenters. The van der Waals surface area contributed by atoms with Gasteiger partial charge in [0, 0.05) is 11.7 Å². The smallest absolute Gasteiger partial charge is 0.262 e. The molecule has 1 amide bonds. The molecule has 0 saturated heterocycles. The van der Waals surface area contributed by atoms with Crippen molar-refractivity contribution in [1.29, 1.82) is 0 Å². The number of H-pyrrole nitrogens is 1. The van der Waals surface area contributed by atoms with Crippen LogP contribution in [-0.4, -0.2) is 15.9 Å². The van der Waals surface area contributed by atoms with E-state index in [1.165, 1.54) is 6.20 Å². The third-order valence-electron chi connectivity index (χ3n) is 2.97. The molecule has 0 aliphatic rings. The number of benzene rings is 1. The Bertz CT molecular complexity index is 872. The van der Waals surface area contributed by atoms with Crippen LogP contribution in [0.25, 0.3) is 10.9 Å². The van der Waals surface area contributed by atoms with Gasteiger partial charge in [-0.05, 0) is 29.7 Å². The van der Waals surface area contributed by atoms with E-state index in [4.69, 9.17) is 11.6 Å². The van der Waals surface area contributed by atoms with E-state index in [0.717, 1.165) is 5.39 Å². The summed E-state index contributed by atoms with van der Waals surface area (Å²) in [5, 5.41) is 3.81. The molecule has 104 valence electrons. The lowest BCUT2D eigenvalue weighted by Crippen LogP contribution is -2.23. The number of hydrogen-bond donors (Lipinski definition) is 2. The summed E-state index contributed by atoms with van der Waals surface area (Å²) in [5.41, 5.74) is 0.272. The highest BCUT2D eigenvalue weighted by Crippen LogP contribution is 2.13. The number of aromatic amines is 1. The standard InChI is InChI=1S/C15H10ClN3O2/c16-10-5-6-13(17-8-10)19-15(21)11-7-9-3-1-2-4-12(9)18-14(11)20/h1-8H,(H,18,20)(H,17,19,21). The molecule has 0 saturated carbocycles. The Kier molecular flexibility index (Phi) is 3.41. The Hall–Kier alpha value is -2.66.